The zero-order valence-electron chi connectivity index (χ0n) is 26.7. The van der Waals surface area contributed by atoms with Crippen LogP contribution in [0.15, 0.2) is 42.5 Å². The smallest absolute Gasteiger partial charge is 0.387 e. The van der Waals surface area contributed by atoms with E-state index in [1.54, 1.807) is 25.3 Å². The first-order valence-corrected chi connectivity index (χ1v) is 15.3. The minimum atomic E-state index is -3.10. The van der Waals surface area contributed by atoms with Crippen LogP contribution in [0.5, 0.6) is 11.5 Å². The Hall–Kier alpha value is -3.24. The number of rotatable bonds is 9. The molecule has 0 unspecified atom stereocenters. The third-order valence-corrected chi connectivity index (χ3v) is 8.76. The van der Waals surface area contributed by atoms with Crippen molar-refractivity contribution in [3.05, 3.63) is 59.2 Å². The number of carbonyl (C=O) groups is 2. The Morgan fingerprint density at radius 2 is 1.77 bits per heavy atom. The number of halogens is 2. The monoisotopic (exact) mass is 616 g/mol. The second-order valence-corrected chi connectivity index (χ2v) is 13.8. The molecule has 2 aromatic rings. The maximum absolute atomic E-state index is 14.3. The van der Waals surface area contributed by atoms with Gasteiger partial charge in [0.25, 0.3) is 5.91 Å². The normalized spacial score (nSPS) is 24.4. The predicted octanol–water partition coefficient (Wildman–Crippen LogP) is 6.32. The van der Waals surface area contributed by atoms with E-state index in [4.69, 9.17) is 14.2 Å². The van der Waals surface area contributed by atoms with Gasteiger partial charge in [-0.25, -0.2) is 4.79 Å². The van der Waals surface area contributed by atoms with Gasteiger partial charge >= 0.3 is 12.6 Å². The number of methoxy groups -OCH3 is 1. The highest BCUT2D eigenvalue weighted by Crippen LogP contribution is 2.50. The number of hydrogen-bond acceptors (Lipinski definition) is 6. The van der Waals surface area contributed by atoms with Crippen LogP contribution in [-0.2, 0) is 26.3 Å². The minimum absolute atomic E-state index is 0.104. The summed E-state index contributed by atoms with van der Waals surface area (Å²) < 4.78 is 43.8. The largest absolute Gasteiger partial charge is 0.496 e. The van der Waals surface area contributed by atoms with Crippen LogP contribution < -0.4 is 14.8 Å². The van der Waals surface area contributed by atoms with Crippen LogP contribution in [0, 0.1) is 11.3 Å². The summed E-state index contributed by atoms with van der Waals surface area (Å²) in [4.78, 5) is 28.8. The fraction of sp³-hybridized carbons (Fsp3) is 0.588. The molecule has 4 rings (SSSR count). The fourth-order valence-electron chi connectivity index (χ4n) is 6.69. The van der Waals surface area contributed by atoms with Crippen molar-refractivity contribution in [1.29, 1.82) is 0 Å². The molecule has 2 aliphatic rings. The van der Waals surface area contributed by atoms with Gasteiger partial charge in [-0.2, -0.15) is 8.78 Å². The lowest BCUT2D eigenvalue weighted by Gasteiger charge is -2.36. The van der Waals surface area contributed by atoms with Gasteiger partial charge in [0, 0.05) is 36.2 Å². The number of nitrogens with zero attached hydrogens (tertiary/aromatic N) is 1. The molecular weight excluding hydrogens is 570 g/mol. The summed E-state index contributed by atoms with van der Waals surface area (Å²) in [7, 11) is 1.59. The second-order valence-electron chi connectivity index (χ2n) is 13.8. The van der Waals surface area contributed by atoms with Crippen LogP contribution in [0.25, 0.3) is 0 Å². The van der Waals surface area contributed by atoms with Crippen LogP contribution in [0.3, 0.4) is 0 Å². The Bertz CT molecular complexity index is 1320. The van der Waals surface area contributed by atoms with Crippen LogP contribution in [0.1, 0.15) is 83.5 Å². The average Bonchev–Trinajstić information content (AvgIpc) is 3.31. The molecule has 1 amide bonds. The van der Waals surface area contributed by atoms with Gasteiger partial charge < -0.3 is 29.5 Å². The number of benzene rings is 2. The maximum atomic E-state index is 14.3. The molecule has 0 bridgehead atoms. The fourth-order valence-corrected chi connectivity index (χ4v) is 6.69. The molecule has 0 aliphatic carbocycles. The molecule has 2 N–H and O–H groups in total. The summed E-state index contributed by atoms with van der Waals surface area (Å²) in [5.41, 5.74) is 1.51. The molecule has 44 heavy (non-hydrogen) atoms. The average molecular weight is 617 g/mol. The quantitative estimate of drug-likeness (QED) is 0.340. The summed E-state index contributed by atoms with van der Waals surface area (Å²) in [5, 5.41) is 14.3. The molecule has 2 saturated heterocycles. The van der Waals surface area contributed by atoms with Gasteiger partial charge in [0.05, 0.1) is 13.2 Å². The van der Waals surface area contributed by atoms with Crippen molar-refractivity contribution in [2.75, 3.05) is 13.7 Å². The van der Waals surface area contributed by atoms with Gasteiger partial charge in [-0.05, 0) is 47.8 Å². The molecule has 0 saturated carbocycles. The van der Waals surface area contributed by atoms with Crippen molar-refractivity contribution >= 4 is 11.9 Å². The molecule has 2 aromatic carbocycles. The van der Waals surface area contributed by atoms with Crippen molar-refractivity contribution < 1.29 is 37.7 Å². The van der Waals surface area contributed by atoms with Gasteiger partial charge in [0.2, 0.25) is 0 Å². The molecule has 242 valence electrons. The zero-order valence-corrected chi connectivity index (χ0v) is 26.7. The number of carboxylic acid groups (broad SMARTS) is 1. The number of alkyl halides is 2. The van der Waals surface area contributed by atoms with Gasteiger partial charge in [-0.15, -0.1) is 0 Å². The Morgan fingerprint density at radius 3 is 2.34 bits per heavy atom. The predicted molar refractivity (Wildman–Crippen MR) is 163 cm³/mol. The van der Waals surface area contributed by atoms with E-state index in [9.17, 15) is 23.5 Å². The zero-order chi connectivity index (χ0) is 32.4. The van der Waals surface area contributed by atoms with E-state index >= 15 is 0 Å². The number of hydrogen-bond donors (Lipinski definition) is 2. The lowest BCUT2D eigenvalue weighted by atomic mass is 9.72. The third-order valence-electron chi connectivity index (χ3n) is 8.76. The van der Waals surface area contributed by atoms with Gasteiger partial charge in [-0.3, -0.25) is 4.79 Å². The molecule has 10 heteroatoms. The first kappa shape index (κ1) is 33.6. The summed E-state index contributed by atoms with van der Waals surface area (Å²) >= 11 is 0. The number of amides is 1. The first-order chi connectivity index (χ1) is 20.6. The summed E-state index contributed by atoms with van der Waals surface area (Å²) in [6, 6.07) is 9.45. The number of ether oxygens (including phenoxy) is 3. The molecule has 2 fully saturated rings. The summed E-state index contributed by atoms with van der Waals surface area (Å²) in [6.07, 6.45) is 1.22. The van der Waals surface area contributed by atoms with Gasteiger partial charge in [-0.1, -0.05) is 71.9 Å². The van der Waals surface area contributed by atoms with E-state index in [2.05, 4.69) is 32.2 Å². The maximum Gasteiger partial charge on any atom is 0.387 e. The SMILES string of the molecule is COc1ccc(C(C)(C)C)cc1CN[C@H]1[C@H](C(C)(C)C)[C@@H](C(=O)O)N(C(=O)[C@@H]2CCCCO2)[C@H]1c1ccccc1OC(F)F. The standard InChI is InChI=1S/C34H46F2N2O6/c1-33(2,3)21-15-16-23(42-7)20(18-21)19-37-27-26(34(4,5)6)29(31(40)41)38(30(39)25-14-10-11-17-43-25)28(27)22-12-8-9-13-24(22)44-32(35)36/h8-9,12-13,15-16,18,25-29,32,37H,10-11,14,17,19H2,1-7H3,(H,40,41)/t25-,26-,27-,28-,29-/m0/s1. The van der Waals surface area contributed by atoms with Crippen LogP contribution in [0.2, 0.25) is 0 Å². The van der Waals surface area contributed by atoms with Gasteiger partial charge in [0.1, 0.15) is 23.6 Å². The number of aliphatic carboxylic acids is 1. The number of carbonyl (C=O) groups excluding carboxylic acids is 1. The van der Waals surface area contributed by atoms with Crippen molar-refractivity contribution in [3.63, 3.8) is 0 Å². The van der Waals surface area contributed by atoms with Crippen LogP contribution >= 0.6 is 0 Å². The second kappa shape index (κ2) is 13.4. The molecule has 0 radical (unpaired) electrons. The highest BCUT2D eigenvalue weighted by molar-refractivity contribution is 5.88. The van der Waals surface area contributed by atoms with Crippen molar-refractivity contribution in [3.8, 4) is 11.5 Å². The molecule has 8 nitrogen and oxygen atoms in total. The van der Waals surface area contributed by atoms with E-state index in [1.807, 2.05) is 32.9 Å². The highest BCUT2D eigenvalue weighted by atomic mass is 19.3. The van der Waals surface area contributed by atoms with E-state index < -0.39 is 54.1 Å². The lowest BCUT2D eigenvalue weighted by Crippen LogP contribution is -2.51. The molecule has 2 heterocycles. The topological polar surface area (TPSA) is 97.3 Å². The molecule has 5 atom stereocenters. The third kappa shape index (κ3) is 7.18. The Labute approximate surface area is 259 Å². The summed E-state index contributed by atoms with van der Waals surface area (Å²) in [6.45, 7) is 9.73. The van der Waals surface area contributed by atoms with E-state index in [0.717, 1.165) is 24.0 Å². The number of likely N-dealkylation sites (tertiary alicyclic amines) is 1. The summed E-state index contributed by atoms with van der Waals surface area (Å²) in [5.74, 6) is -1.68. The Balaban J connectivity index is 1.89. The van der Waals surface area contributed by atoms with Crippen molar-refractivity contribution in [2.24, 2.45) is 11.3 Å². The molecule has 0 aromatic heterocycles. The molecule has 0 spiro atoms. The number of para-hydroxylation sites is 1. The van der Waals surface area contributed by atoms with E-state index in [-0.39, 0.29) is 17.7 Å². The van der Waals surface area contributed by atoms with Crippen LogP contribution in [0.4, 0.5) is 8.78 Å². The number of nitrogens with one attached hydrogen (secondary N) is 1. The molecular formula is C34H46F2N2O6. The van der Waals surface area contributed by atoms with Crippen molar-refractivity contribution in [2.45, 2.75) is 104 Å². The van der Waals surface area contributed by atoms with Crippen LogP contribution in [-0.4, -0.2) is 60.4 Å². The number of carboxylic acids is 1. The van der Waals surface area contributed by atoms with Gasteiger partial charge in [0.15, 0.2) is 0 Å². The van der Waals surface area contributed by atoms with E-state index in [0.29, 0.717) is 24.3 Å². The van der Waals surface area contributed by atoms with Crippen molar-refractivity contribution in [1.82, 2.24) is 10.2 Å². The lowest BCUT2D eigenvalue weighted by molar-refractivity contribution is -0.159. The molecule has 2 aliphatic heterocycles. The first-order valence-electron chi connectivity index (χ1n) is 15.3. The highest BCUT2D eigenvalue weighted by Gasteiger charge is 2.59. The Morgan fingerprint density at radius 1 is 1.07 bits per heavy atom. The Kier molecular flexibility index (Phi) is 10.2. The minimum Gasteiger partial charge on any atom is -0.496 e. The van der Waals surface area contributed by atoms with E-state index in [1.165, 1.54) is 11.0 Å².